The molecule has 188 valence electrons. The number of nitrogens with zero attached hydrogens (tertiary/aromatic N) is 6. The Bertz CT molecular complexity index is 1600. The highest BCUT2D eigenvalue weighted by atomic mass is 16.5. The lowest BCUT2D eigenvalue weighted by Gasteiger charge is -2.35. The van der Waals surface area contributed by atoms with Gasteiger partial charge in [0, 0.05) is 24.7 Å². The number of fused-ring (bicyclic) bond motifs is 4. The Morgan fingerprint density at radius 1 is 1.14 bits per heavy atom. The fraction of sp³-hybridized carbons (Fsp3) is 0.321. The summed E-state index contributed by atoms with van der Waals surface area (Å²) in [5, 5.41) is 17.0. The molecule has 0 radical (unpaired) electrons. The first-order valence-electron chi connectivity index (χ1n) is 12.6. The van der Waals surface area contributed by atoms with Crippen molar-refractivity contribution in [3.05, 3.63) is 70.6 Å². The molecular formula is C28H29N7O2. The number of hydrogen-bond donors (Lipinski definition) is 2. The molecule has 0 spiro atoms. The van der Waals surface area contributed by atoms with Crippen LogP contribution < -0.4 is 21.3 Å². The SMILES string of the molecule is CC#CCn1c(N2CCC[C@@H](N)C2)nc2cnn(CC3c4ccccc4-c4ccccc4N3O)c(=O)c21. The lowest BCUT2D eigenvalue weighted by Crippen LogP contribution is -2.44. The number of anilines is 2. The van der Waals surface area contributed by atoms with Gasteiger partial charge in [-0.3, -0.25) is 14.6 Å². The fourth-order valence-electron chi connectivity index (χ4n) is 5.52. The third kappa shape index (κ3) is 3.95. The van der Waals surface area contributed by atoms with Crippen LogP contribution >= 0.6 is 0 Å². The van der Waals surface area contributed by atoms with E-state index in [4.69, 9.17) is 10.7 Å². The minimum Gasteiger partial charge on any atom is -0.341 e. The Morgan fingerprint density at radius 2 is 1.92 bits per heavy atom. The van der Waals surface area contributed by atoms with E-state index in [1.54, 1.807) is 13.1 Å². The van der Waals surface area contributed by atoms with Crippen LogP contribution in [-0.4, -0.2) is 43.7 Å². The van der Waals surface area contributed by atoms with Crippen LogP contribution in [-0.2, 0) is 13.1 Å². The van der Waals surface area contributed by atoms with Crippen molar-refractivity contribution in [1.29, 1.82) is 0 Å². The van der Waals surface area contributed by atoms with Gasteiger partial charge in [-0.1, -0.05) is 48.4 Å². The van der Waals surface area contributed by atoms with Crippen LogP contribution in [0.25, 0.3) is 22.2 Å². The van der Waals surface area contributed by atoms with Crippen LogP contribution in [0.1, 0.15) is 31.4 Å². The van der Waals surface area contributed by atoms with Crippen LogP contribution in [0.15, 0.2) is 59.5 Å². The van der Waals surface area contributed by atoms with Crippen LogP contribution in [0, 0.1) is 11.8 Å². The second-order valence-corrected chi connectivity index (χ2v) is 9.60. The molecule has 6 rings (SSSR count). The number of benzene rings is 2. The molecule has 2 aliphatic rings. The molecule has 0 bridgehead atoms. The molecule has 1 unspecified atom stereocenters. The summed E-state index contributed by atoms with van der Waals surface area (Å²) in [6.07, 6.45) is 3.58. The number of aromatic nitrogens is 4. The molecule has 0 aliphatic carbocycles. The summed E-state index contributed by atoms with van der Waals surface area (Å²) in [6.45, 7) is 3.81. The first kappa shape index (κ1) is 23.3. The summed E-state index contributed by atoms with van der Waals surface area (Å²) < 4.78 is 3.30. The van der Waals surface area contributed by atoms with Gasteiger partial charge in [0.2, 0.25) is 5.95 Å². The molecule has 4 aromatic rings. The number of imidazole rings is 1. The van der Waals surface area contributed by atoms with E-state index in [0.29, 0.717) is 35.8 Å². The fourth-order valence-corrected chi connectivity index (χ4v) is 5.52. The Labute approximate surface area is 214 Å². The molecule has 3 N–H and O–H groups in total. The zero-order valence-electron chi connectivity index (χ0n) is 20.7. The van der Waals surface area contributed by atoms with Crippen LogP contribution in [0.3, 0.4) is 0 Å². The number of nitrogens with two attached hydrogens (primary N) is 1. The molecule has 0 saturated carbocycles. The van der Waals surface area contributed by atoms with E-state index < -0.39 is 6.04 Å². The molecule has 1 saturated heterocycles. The van der Waals surface area contributed by atoms with Crippen molar-refractivity contribution in [2.75, 3.05) is 23.1 Å². The number of para-hydroxylation sites is 1. The van der Waals surface area contributed by atoms with E-state index in [1.165, 1.54) is 9.75 Å². The summed E-state index contributed by atoms with van der Waals surface area (Å²) >= 11 is 0. The Hall–Kier alpha value is -4.13. The van der Waals surface area contributed by atoms with Crippen LogP contribution in [0.5, 0.6) is 0 Å². The molecule has 2 aromatic carbocycles. The first-order valence-corrected chi connectivity index (χ1v) is 12.6. The standard InChI is InChI=1S/C28H29N7O2/c1-2-3-15-33-26-23(31-28(33)32-14-8-9-19(29)17-32)16-30-34(27(26)36)18-25-22-12-5-4-10-20(22)21-11-6-7-13-24(21)35(25)37/h4-7,10-13,16,19,25,37H,8-9,14-15,17-18,29H2,1H3/t19-,25?/m1/s1. The quantitative estimate of drug-likeness (QED) is 0.419. The molecule has 9 heteroatoms. The predicted molar refractivity (Wildman–Crippen MR) is 144 cm³/mol. The van der Waals surface area contributed by atoms with Gasteiger partial charge < -0.3 is 10.6 Å². The Morgan fingerprint density at radius 3 is 2.73 bits per heavy atom. The van der Waals surface area contributed by atoms with E-state index in [0.717, 1.165) is 36.1 Å². The molecule has 2 atom stereocenters. The van der Waals surface area contributed by atoms with Gasteiger partial charge in [-0.25, -0.2) is 14.7 Å². The van der Waals surface area contributed by atoms with Crippen molar-refractivity contribution in [3.8, 4) is 23.0 Å². The molecule has 0 amide bonds. The van der Waals surface area contributed by atoms with Gasteiger partial charge in [-0.15, -0.1) is 5.92 Å². The highest BCUT2D eigenvalue weighted by Crippen LogP contribution is 2.43. The normalized spacial score (nSPS) is 18.8. The lowest BCUT2D eigenvalue weighted by molar-refractivity contribution is 0.200. The van der Waals surface area contributed by atoms with Crippen molar-refractivity contribution < 1.29 is 5.21 Å². The zero-order valence-corrected chi connectivity index (χ0v) is 20.7. The van der Waals surface area contributed by atoms with Crippen molar-refractivity contribution in [1.82, 2.24) is 19.3 Å². The third-order valence-corrected chi connectivity index (χ3v) is 7.29. The van der Waals surface area contributed by atoms with Crippen molar-refractivity contribution >= 4 is 22.7 Å². The summed E-state index contributed by atoms with van der Waals surface area (Å²) in [5.41, 5.74) is 10.6. The van der Waals surface area contributed by atoms with Gasteiger partial charge in [0.1, 0.15) is 17.1 Å². The maximum atomic E-state index is 13.9. The molecule has 9 nitrogen and oxygen atoms in total. The summed E-state index contributed by atoms with van der Waals surface area (Å²) in [4.78, 5) is 20.8. The highest BCUT2D eigenvalue weighted by Gasteiger charge is 2.31. The van der Waals surface area contributed by atoms with Gasteiger partial charge in [0.25, 0.3) is 5.56 Å². The summed E-state index contributed by atoms with van der Waals surface area (Å²) in [6, 6.07) is 15.3. The number of hydroxylamine groups is 1. The molecule has 4 heterocycles. The van der Waals surface area contributed by atoms with Gasteiger partial charge >= 0.3 is 0 Å². The minimum absolute atomic E-state index is 0.0684. The molecular weight excluding hydrogens is 466 g/mol. The third-order valence-electron chi connectivity index (χ3n) is 7.29. The van der Waals surface area contributed by atoms with E-state index >= 15 is 0 Å². The topological polar surface area (TPSA) is 105 Å². The van der Waals surface area contributed by atoms with E-state index in [1.807, 2.05) is 53.1 Å². The van der Waals surface area contributed by atoms with Crippen molar-refractivity contribution in [2.45, 2.75) is 44.9 Å². The van der Waals surface area contributed by atoms with Crippen LogP contribution in [0.4, 0.5) is 11.6 Å². The van der Waals surface area contributed by atoms with Gasteiger partial charge in [0.05, 0.1) is 25.0 Å². The average Bonchev–Trinajstić information content (AvgIpc) is 3.30. The Balaban J connectivity index is 1.44. The molecule has 2 aliphatic heterocycles. The lowest BCUT2D eigenvalue weighted by atomic mass is 9.89. The average molecular weight is 496 g/mol. The van der Waals surface area contributed by atoms with E-state index in [9.17, 15) is 10.0 Å². The van der Waals surface area contributed by atoms with E-state index in [-0.39, 0.29) is 18.1 Å². The van der Waals surface area contributed by atoms with Crippen LogP contribution in [0.2, 0.25) is 0 Å². The second-order valence-electron chi connectivity index (χ2n) is 9.60. The van der Waals surface area contributed by atoms with Gasteiger partial charge in [-0.05, 0) is 37.0 Å². The number of piperidine rings is 1. The summed E-state index contributed by atoms with van der Waals surface area (Å²) in [5.74, 6) is 6.72. The molecule has 2 aromatic heterocycles. The van der Waals surface area contributed by atoms with Crippen molar-refractivity contribution in [2.24, 2.45) is 5.73 Å². The number of rotatable bonds is 4. The number of hydrogen-bond acceptors (Lipinski definition) is 7. The monoisotopic (exact) mass is 495 g/mol. The predicted octanol–water partition coefficient (Wildman–Crippen LogP) is 3.16. The maximum absolute atomic E-state index is 13.9. The van der Waals surface area contributed by atoms with Gasteiger partial charge in [0.15, 0.2) is 0 Å². The smallest absolute Gasteiger partial charge is 0.293 e. The zero-order chi connectivity index (χ0) is 25.5. The summed E-state index contributed by atoms with van der Waals surface area (Å²) in [7, 11) is 0. The largest absolute Gasteiger partial charge is 0.341 e. The first-order chi connectivity index (χ1) is 18.1. The van der Waals surface area contributed by atoms with Gasteiger partial charge in [-0.2, -0.15) is 5.10 Å². The molecule has 1 fully saturated rings. The molecule has 37 heavy (non-hydrogen) atoms. The highest BCUT2D eigenvalue weighted by molar-refractivity contribution is 5.84. The van der Waals surface area contributed by atoms with Crippen molar-refractivity contribution in [3.63, 3.8) is 0 Å². The minimum atomic E-state index is -0.486. The van der Waals surface area contributed by atoms with E-state index in [2.05, 4.69) is 21.8 Å². The maximum Gasteiger partial charge on any atom is 0.293 e. The Kier molecular flexibility index (Phi) is 5.91. The second kappa shape index (κ2) is 9.39.